The summed E-state index contributed by atoms with van der Waals surface area (Å²) in [4.78, 5) is 19.3. The van der Waals surface area contributed by atoms with Crippen LogP contribution in [0.25, 0.3) is 11.4 Å². The highest BCUT2D eigenvalue weighted by atomic mass is 79.9. The number of benzene rings is 1. The van der Waals surface area contributed by atoms with Crippen LogP contribution < -0.4 is 10.3 Å². The molecule has 6 nitrogen and oxygen atoms in total. The molecule has 1 aliphatic rings. The Morgan fingerprint density at radius 3 is 3.05 bits per heavy atom. The van der Waals surface area contributed by atoms with Gasteiger partial charge in [0.25, 0.3) is 5.56 Å². The second-order valence-electron chi connectivity index (χ2n) is 4.65. The molecule has 2 heterocycles. The summed E-state index contributed by atoms with van der Waals surface area (Å²) in [6.07, 6.45) is 0.614. The van der Waals surface area contributed by atoms with Crippen molar-refractivity contribution in [3.8, 4) is 22.9 Å². The van der Waals surface area contributed by atoms with Crippen LogP contribution in [0.1, 0.15) is 11.3 Å². The number of aromatic hydroxyl groups is 1. The third-order valence-corrected chi connectivity index (χ3v) is 3.96. The number of hydrogen-bond donors (Lipinski definition) is 2. The molecule has 0 atom stereocenters. The molecular weight excluding hydrogens is 340 g/mol. The minimum Gasteiger partial charge on any atom is -0.503 e. The van der Waals surface area contributed by atoms with Gasteiger partial charge in [-0.3, -0.25) is 4.79 Å². The van der Waals surface area contributed by atoms with Crippen molar-refractivity contribution in [2.45, 2.75) is 13.0 Å². The number of H-pyrrole nitrogens is 1. The summed E-state index contributed by atoms with van der Waals surface area (Å²) < 4.78 is 10.9. The van der Waals surface area contributed by atoms with E-state index in [-0.39, 0.29) is 11.3 Å². The summed E-state index contributed by atoms with van der Waals surface area (Å²) in [6, 6.07) is 3.31. The summed E-state index contributed by atoms with van der Waals surface area (Å²) >= 11 is 3.26. The summed E-state index contributed by atoms with van der Waals surface area (Å²) in [5, 5.41) is 9.83. The standard InChI is InChI=1S/C14H13BrN2O4/c1-20-11-5-7(4-9(15)12(11)18)13-16-10-2-3-21-6-8(10)14(19)17-13/h4-5,18H,2-3,6H2,1H3,(H,16,17,19). The van der Waals surface area contributed by atoms with Crippen molar-refractivity contribution in [1.82, 2.24) is 9.97 Å². The zero-order valence-corrected chi connectivity index (χ0v) is 12.9. The smallest absolute Gasteiger partial charge is 0.256 e. The zero-order chi connectivity index (χ0) is 15.0. The van der Waals surface area contributed by atoms with E-state index in [2.05, 4.69) is 25.9 Å². The number of phenols is 1. The minimum atomic E-state index is -0.196. The lowest BCUT2D eigenvalue weighted by atomic mass is 10.1. The van der Waals surface area contributed by atoms with Gasteiger partial charge in [-0.1, -0.05) is 0 Å². The van der Waals surface area contributed by atoms with Gasteiger partial charge < -0.3 is 19.6 Å². The maximum atomic E-state index is 12.1. The second-order valence-corrected chi connectivity index (χ2v) is 5.51. The number of nitrogens with one attached hydrogen (secondary N) is 1. The Balaban J connectivity index is 2.15. The molecule has 110 valence electrons. The van der Waals surface area contributed by atoms with Crippen molar-refractivity contribution in [3.05, 3.63) is 38.2 Å². The van der Waals surface area contributed by atoms with Crippen LogP contribution in [0.3, 0.4) is 0 Å². The number of phenolic OH excluding ortho intramolecular Hbond substituents is 1. The predicted molar refractivity (Wildman–Crippen MR) is 79.6 cm³/mol. The van der Waals surface area contributed by atoms with Crippen LogP contribution in [-0.2, 0) is 17.8 Å². The lowest BCUT2D eigenvalue weighted by Crippen LogP contribution is -2.24. The first-order valence-corrected chi connectivity index (χ1v) is 7.16. The van der Waals surface area contributed by atoms with E-state index in [1.54, 1.807) is 12.1 Å². The molecule has 0 fully saturated rings. The summed E-state index contributed by atoms with van der Waals surface area (Å²) in [5.74, 6) is 0.762. The first-order chi connectivity index (χ1) is 10.1. The summed E-state index contributed by atoms with van der Waals surface area (Å²) in [5.41, 5.74) is 1.79. The fraction of sp³-hybridized carbons (Fsp3) is 0.286. The molecule has 21 heavy (non-hydrogen) atoms. The fourth-order valence-electron chi connectivity index (χ4n) is 2.25. The number of halogens is 1. The number of methoxy groups -OCH3 is 1. The lowest BCUT2D eigenvalue weighted by Gasteiger charge is -2.16. The minimum absolute atomic E-state index is 0.00922. The van der Waals surface area contributed by atoms with E-state index in [0.29, 0.717) is 46.8 Å². The molecule has 0 spiro atoms. The Morgan fingerprint density at radius 2 is 2.29 bits per heavy atom. The van der Waals surface area contributed by atoms with Crippen molar-refractivity contribution < 1.29 is 14.6 Å². The van der Waals surface area contributed by atoms with E-state index in [1.165, 1.54) is 7.11 Å². The molecule has 7 heteroatoms. The van der Waals surface area contributed by atoms with E-state index >= 15 is 0 Å². The second kappa shape index (κ2) is 5.50. The lowest BCUT2D eigenvalue weighted by molar-refractivity contribution is 0.108. The van der Waals surface area contributed by atoms with Gasteiger partial charge in [-0.15, -0.1) is 0 Å². The Labute approximate surface area is 128 Å². The molecule has 0 saturated carbocycles. The van der Waals surface area contributed by atoms with Crippen molar-refractivity contribution in [3.63, 3.8) is 0 Å². The first-order valence-electron chi connectivity index (χ1n) is 6.37. The number of aromatic nitrogens is 2. The van der Waals surface area contributed by atoms with Crippen LogP contribution in [0.2, 0.25) is 0 Å². The van der Waals surface area contributed by atoms with Crippen LogP contribution in [0.4, 0.5) is 0 Å². The third-order valence-electron chi connectivity index (χ3n) is 3.35. The maximum Gasteiger partial charge on any atom is 0.256 e. The van der Waals surface area contributed by atoms with Gasteiger partial charge in [0.1, 0.15) is 5.82 Å². The summed E-state index contributed by atoms with van der Waals surface area (Å²) in [6.45, 7) is 0.853. The molecule has 2 N–H and O–H groups in total. The van der Waals surface area contributed by atoms with Gasteiger partial charge >= 0.3 is 0 Å². The first kappa shape index (κ1) is 14.1. The Morgan fingerprint density at radius 1 is 1.48 bits per heavy atom. The van der Waals surface area contributed by atoms with Gasteiger partial charge in [0.2, 0.25) is 0 Å². The highest BCUT2D eigenvalue weighted by Gasteiger charge is 2.18. The molecule has 0 unspecified atom stereocenters. The number of nitrogens with zero attached hydrogens (tertiary/aromatic N) is 1. The SMILES string of the molecule is COc1cc(-c2nc3c(c(=O)[nH]2)COCC3)cc(Br)c1O. The van der Waals surface area contributed by atoms with Gasteiger partial charge in [-0.2, -0.15) is 0 Å². The van der Waals surface area contributed by atoms with Gasteiger partial charge in [-0.25, -0.2) is 4.98 Å². The molecule has 1 aromatic carbocycles. The van der Waals surface area contributed by atoms with Gasteiger partial charge in [-0.05, 0) is 28.1 Å². The maximum absolute atomic E-state index is 12.1. The van der Waals surface area contributed by atoms with E-state index < -0.39 is 0 Å². The number of fused-ring (bicyclic) bond motifs is 1. The Bertz CT molecular complexity index is 757. The molecule has 3 rings (SSSR count). The summed E-state index contributed by atoms with van der Waals surface area (Å²) in [7, 11) is 1.46. The predicted octanol–water partition coefficient (Wildman–Crippen LogP) is 1.99. The van der Waals surface area contributed by atoms with E-state index in [0.717, 1.165) is 5.69 Å². The molecule has 1 aliphatic heterocycles. The molecule has 0 amide bonds. The Kier molecular flexibility index (Phi) is 3.69. The number of hydrogen-bond acceptors (Lipinski definition) is 5. The Hall–Kier alpha value is -1.86. The van der Waals surface area contributed by atoms with Crippen molar-refractivity contribution in [2.24, 2.45) is 0 Å². The van der Waals surface area contributed by atoms with Crippen LogP contribution in [0.5, 0.6) is 11.5 Å². The van der Waals surface area contributed by atoms with Gasteiger partial charge in [0, 0.05) is 12.0 Å². The quantitative estimate of drug-likeness (QED) is 0.863. The highest BCUT2D eigenvalue weighted by Crippen LogP contribution is 2.37. The zero-order valence-electron chi connectivity index (χ0n) is 11.3. The van der Waals surface area contributed by atoms with Crippen molar-refractivity contribution in [1.29, 1.82) is 0 Å². The van der Waals surface area contributed by atoms with Crippen LogP contribution >= 0.6 is 15.9 Å². The molecule has 0 radical (unpaired) electrons. The van der Waals surface area contributed by atoms with E-state index in [1.807, 2.05) is 0 Å². The van der Waals surface area contributed by atoms with Crippen LogP contribution in [0, 0.1) is 0 Å². The number of aromatic amines is 1. The molecule has 0 bridgehead atoms. The third kappa shape index (κ3) is 2.54. The normalized spacial score (nSPS) is 13.8. The van der Waals surface area contributed by atoms with Crippen LogP contribution in [0.15, 0.2) is 21.4 Å². The van der Waals surface area contributed by atoms with Gasteiger partial charge in [0.05, 0.1) is 36.1 Å². The molecular formula is C14H13BrN2O4. The fourth-order valence-corrected chi connectivity index (χ4v) is 2.69. The van der Waals surface area contributed by atoms with E-state index in [9.17, 15) is 9.90 Å². The van der Waals surface area contributed by atoms with Crippen LogP contribution in [-0.4, -0.2) is 28.8 Å². The highest BCUT2D eigenvalue weighted by molar-refractivity contribution is 9.10. The van der Waals surface area contributed by atoms with Crippen molar-refractivity contribution >= 4 is 15.9 Å². The topological polar surface area (TPSA) is 84.4 Å². The molecule has 0 aliphatic carbocycles. The van der Waals surface area contributed by atoms with E-state index in [4.69, 9.17) is 9.47 Å². The van der Waals surface area contributed by atoms with Crippen molar-refractivity contribution in [2.75, 3.05) is 13.7 Å². The molecule has 1 aromatic heterocycles. The monoisotopic (exact) mass is 352 g/mol. The molecule has 2 aromatic rings. The largest absolute Gasteiger partial charge is 0.503 e. The average molecular weight is 353 g/mol. The van der Waals surface area contributed by atoms with Gasteiger partial charge in [0.15, 0.2) is 11.5 Å². The number of ether oxygens (including phenoxy) is 2. The number of rotatable bonds is 2. The molecule has 0 saturated heterocycles. The average Bonchev–Trinajstić information content (AvgIpc) is 2.50.